The van der Waals surface area contributed by atoms with E-state index in [4.69, 9.17) is 4.74 Å². The molecule has 0 radical (unpaired) electrons. The van der Waals surface area contributed by atoms with E-state index < -0.39 is 12.1 Å². The molecule has 1 aromatic rings. The van der Waals surface area contributed by atoms with Crippen LogP contribution in [0.15, 0.2) is 36.0 Å². The Kier molecular flexibility index (Phi) is 6.14. The normalized spacial score (nSPS) is 15.4. The predicted octanol–water partition coefficient (Wildman–Crippen LogP) is 1.87. The van der Waals surface area contributed by atoms with Gasteiger partial charge in [-0.15, -0.1) is 0 Å². The van der Waals surface area contributed by atoms with E-state index in [2.05, 4.69) is 11.4 Å². The van der Waals surface area contributed by atoms with Gasteiger partial charge in [-0.2, -0.15) is 4.73 Å². The first-order valence-corrected chi connectivity index (χ1v) is 7.92. The largest absolute Gasteiger partial charge is 0.618 e. The van der Waals surface area contributed by atoms with E-state index in [1.165, 1.54) is 43.7 Å². The lowest BCUT2D eigenvalue weighted by Gasteiger charge is -2.15. The van der Waals surface area contributed by atoms with Crippen LogP contribution in [0, 0.1) is 5.21 Å². The number of rotatable bonds is 6. The lowest BCUT2D eigenvalue weighted by molar-refractivity contribution is -0.608. The highest BCUT2D eigenvalue weighted by atomic mass is 16.6. The predicted molar refractivity (Wildman–Crippen MR) is 84.5 cm³/mol. The molecule has 0 saturated carbocycles. The molecular formula is C17H22N2O4. The smallest absolute Gasteiger partial charge is 0.405 e. The van der Waals surface area contributed by atoms with Crippen molar-refractivity contribution in [1.29, 1.82) is 0 Å². The molecular weight excluding hydrogens is 296 g/mol. The fourth-order valence-corrected chi connectivity index (χ4v) is 2.48. The molecule has 6 heteroatoms. The molecule has 0 saturated heterocycles. The van der Waals surface area contributed by atoms with Crippen molar-refractivity contribution in [1.82, 2.24) is 5.32 Å². The quantitative estimate of drug-likeness (QED) is 0.376. The number of esters is 1. The maximum Gasteiger partial charge on any atom is 0.405 e. The third kappa shape index (κ3) is 5.09. The van der Waals surface area contributed by atoms with Gasteiger partial charge in [0.2, 0.25) is 0 Å². The number of hydrogen-bond acceptors (Lipinski definition) is 4. The molecule has 6 nitrogen and oxygen atoms in total. The Labute approximate surface area is 135 Å². The van der Waals surface area contributed by atoms with Crippen molar-refractivity contribution in [3.8, 4) is 0 Å². The molecule has 1 aromatic heterocycles. The number of aromatic nitrogens is 1. The first kappa shape index (κ1) is 17.0. The number of nitrogens with zero attached hydrogens (tertiary/aromatic N) is 1. The molecule has 1 N–H and O–H groups in total. The van der Waals surface area contributed by atoms with E-state index in [0.29, 0.717) is 11.3 Å². The van der Waals surface area contributed by atoms with E-state index in [-0.39, 0.29) is 11.6 Å². The van der Waals surface area contributed by atoms with Crippen molar-refractivity contribution in [3.05, 3.63) is 46.9 Å². The summed E-state index contributed by atoms with van der Waals surface area (Å²) in [7, 11) is 0. The highest BCUT2D eigenvalue weighted by Gasteiger charge is 2.23. The molecule has 23 heavy (non-hydrogen) atoms. The first-order valence-electron chi connectivity index (χ1n) is 7.92. The van der Waals surface area contributed by atoms with Crippen molar-refractivity contribution < 1.29 is 19.1 Å². The number of pyridine rings is 1. The van der Waals surface area contributed by atoms with Gasteiger partial charge in [-0.3, -0.25) is 4.79 Å². The second-order valence-corrected chi connectivity index (χ2v) is 5.61. The zero-order chi connectivity index (χ0) is 16.7. The summed E-state index contributed by atoms with van der Waals surface area (Å²) in [6, 6.07) is 4.43. The van der Waals surface area contributed by atoms with Crippen molar-refractivity contribution in [2.45, 2.75) is 45.1 Å². The molecule has 0 unspecified atom stereocenters. The van der Waals surface area contributed by atoms with Crippen LogP contribution >= 0.6 is 0 Å². The van der Waals surface area contributed by atoms with Gasteiger partial charge in [-0.1, -0.05) is 11.6 Å². The highest BCUT2D eigenvalue weighted by molar-refractivity contribution is 5.89. The van der Waals surface area contributed by atoms with Crippen LogP contribution in [0.4, 0.5) is 0 Å². The fourth-order valence-electron chi connectivity index (χ4n) is 2.48. The summed E-state index contributed by atoms with van der Waals surface area (Å²) in [4.78, 5) is 23.8. The Morgan fingerprint density at radius 3 is 2.91 bits per heavy atom. The Morgan fingerprint density at radius 1 is 1.39 bits per heavy atom. The number of nitrogens with one attached hydrogen (secondary N) is 1. The number of carbonyl (C=O) groups is 2. The topological polar surface area (TPSA) is 82.3 Å². The van der Waals surface area contributed by atoms with Crippen LogP contribution in [0.25, 0.3) is 0 Å². The second kappa shape index (κ2) is 8.31. The van der Waals surface area contributed by atoms with Gasteiger partial charge in [-0.25, -0.2) is 4.79 Å². The number of allylic oxidation sites excluding steroid dienone is 1. The van der Waals surface area contributed by atoms with Gasteiger partial charge in [-0.05, 0) is 45.1 Å². The average molecular weight is 318 g/mol. The molecule has 0 aliphatic heterocycles. The summed E-state index contributed by atoms with van der Waals surface area (Å²) >= 11 is 0. The van der Waals surface area contributed by atoms with Gasteiger partial charge in [0.25, 0.3) is 5.91 Å². The minimum atomic E-state index is -0.942. The minimum Gasteiger partial charge on any atom is -0.618 e. The summed E-state index contributed by atoms with van der Waals surface area (Å²) in [5.41, 5.74) is 1.23. The number of ether oxygens (including phenoxy) is 1. The van der Waals surface area contributed by atoms with Crippen molar-refractivity contribution in [2.75, 3.05) is 6.54 Å². The van der Waals surface area contributed by atoms with E-state index >= 15 is 0 Å². The van der Waals surface area contributed by atoms with Crippen LogP contribution in [0.2, 0.25) is 0 Å². The first-order chi connectivity index (χ1) is 11.1. The van der Waals surface area contributed by atoms with E-state index in [9.17, 15) is 14.8 Å². The number of amides is 1. The Morgan fingerprint density at radius 2 is 2.22 bits per heavy atom. The standard InChI is InChI=1S/C17H22N2O4/c1-13(23-17(21)15-9-5-6-12-19(15)22)16(20)18-11-10-14-7-3-2-4-8-14/h5-7,9,12-13H,2-4,8,10-11H2,1H3,(H,18,20)/t13-/m0/s1. The summed E-state index contributed by atoms with van der Waals surface area (Å²) in [6.07, 6.45) is 7.98. The van der Waals surface area contributed by atoms with Gasteiger partial charge in [0, 0.05) is 18.7 Å². The molecule has 0 fully saturated rings. The zero-order valence-electron chi connectivity index (χ0n) is 13.3. The minimum absolute atomic E-state index is 0.139. The molecule has 1 aliphatic rings. The fraction of sp³-hybridized carbons (Fsp3) is 0.471. The zero-order valence-corrected chi connectivity index (χ0v) is 13.3. The van der Waals surface area contributed by atoms with E-state index in [0.717, 1.165) is 19.3 Å². The second-order valence-electron chi connectivity index (χ2n) is 5.61. The van der Waals surface area contributed by atoms with Crippen LogP contribution in [0.1, 0.15) is 49.5 Å². The Hall–Kier alpha value is -2.37. The summed E-state index contributed by atoms with van der Waals surface area (Å²) in [6.45, 7) is 2.02. The van der Waals surface area contributed by atoms with Crippen LogP contribution < -0.4 is 10.0 Å². The van der Waals surface area contributed by atoms with Gasteiger partial charge in [0.1, 0.15) is 0 Å². The molecule has 1 aliphatic carbocycles. The molecule has 0 aromatic carbocycles. The summed E-state index contributed by atoms with van der Waals surface area (Å²) < 4.78 is 5.45. The molecule has 0 bridgehead atoms. The molecule has 1 atom stereocenters. The average Bonchev–Trinajstić information content (AvgIpc) is 2.56. The maximum atomic E-state index is 11.9. The molecule has 0 spiro atoms. The van der Waals surface area contributed by atoms with Gasteiger partial charge >= 0.3 is 11.7 Å². The summed E-state index contributed by atoms with van der Waals surface area (Å²) in [5, 5.41) is 14.2. The van der Waals surface area contributed by atoms with Crippen molar-refractivity contribution in [2.24, 2.45) is 0 Å². The Bertz CT molecular complexity index is 598. The number of carbonyl (C=O) groups excluding carboxylic acids is 2. The summed E-state index contributed by atoms with van der Waals surface area (Å²) in [5.74, 6) is -1.17. The molecule has 2 rings (SSSR count). The lowest BCUT2D eigenvalue weighted by Crippen LogP contribution is -2.40. The van der Waals surface area contributed by atoms with Crippen molar-refractivity contribution in [3.63, 3.8) is 0 Å². The third-order valence-electron chi connectivity index (χ3n) is 3.82. The van der Waals surface area contributed by atoms with Gasteiger partial charge < -0.3 is 15.3 Å². The van der Waals surface area contributed by atoms with Gasteiger partial charge in [0.15, 0.2) is 12.3 Å². The lowest BCUT2D eigenvalue weighted by atomic mass is 9.97. The van der Waals surface area contributed by atoms with Crippen LogP contribution in [0.5, 0.6) is 0 Å². The number of hydrogen-bond donors (Lipinski definition) is 1. The van der Waals surface area contributed by atoms with Crippen LogP contribution in [-0.2, 0) is 9.53 Å². The van der Waals surface area contributed by atoms with E-state index in [1.54, 1.807) is 6.07 Å². The third-order valence-corrected chi connectivity index (χ3v) is 3.82. The van der Waals surface area contributed by atoms with Crippen molar-refractivity contribution >= 4 is 11.9 Å². The van der Waals surface area contributed by atoms with Crippen LogP contribution in [0.3, 0.4) is 0 Å². The van der Waals surface area contributed by atoms with Gasteiger partial charge in [0.05, 0.1) is 0 Å². The molecule has 124 valence electrons. The Balaban J connectivity index is 1.77. The SMILES string of the molecule is C[C@H](OC(=O)c1cccc[n+]1[O-])C(=O)NCCC1=CCCCC1. The molecule has 1 amide bonds. The van der Waals surface area contributed by atoms with E-state index in [1.807, 2.05) is 0 Å². The maximum absolute atomic E-state index is 11.9. The molecule has 1 heterocycles. The monoisotopic (exact) mass is 318 g/mol. The highest BCUT2D eigenvalue weighted by Crippen LogP contribution is 2.19. The van der Waals surface area contributed by atoms with Crippen LogP contribution in [-0.4, -0.2) is 24.5 Å².